The van der Waals surface area contributed by atoms with Gasteiger partial charge in [0.2, 0.25) is 5.91 Å². The first kappa shape index (κ1) is 13.0. The Morgan fingerprint density at radius 3 is 2.67 bits per heavy atom. The summed E-state index contributed by atoms with van der Waals surface area (Å²) in [6, 6.07) is 6.80. The molecular weight excluding hydrogens is 270 g/mol. The van der Waals surface area contributed by atoms with Gasteiger partial charge in [0.1, 0.15) is 5.69 Å². The second-order valence-corrected chi connectivity index (χ2v) is 4.49. The highest BCUT2D eigenvalue weighted by molar-refractivity contribution is 6.42. The van der Waals surface area contributed by atoms with Crippen molar-refractivity contribution in [2.75, 3.05) is 4.90 Å². The largest absolute Gasteiger partial charge is 0.505 e. The standard InChI is InChI=1S/C15H11N3O3/c1-9(19)18-12-5-3-2-4-10(12)13(15(18)21)14(20)11-8-16-6-7-17-11/h2-8,20H,1H3. The number of rotatable bonds is 1. The maximum absolute atomic E-state index is 12.5. The molecular formula is C15H11N3O3. The maximum Gasteiger partial charge on any atom is 0.269 e. The van der Waals surface area contributed by atoms with Crippen LogP contribution in [0.4, 0.5) is 5.69 Å². The van der Waals surface area contributed by atoms with Gasteiger partial charge in [0, 0.05) is 24.9 Å². The molecule has 1 aromatic heterocycles. The summed E-state index contributed by atoms with van der Waals surface area (Å²) in [5.41, 5.74) is 1.20. The Bertz CT molecular complexity index is 769. The fraction of sp³-hybridized carbons (Fsp3) is 0.0667. The molecule has 0 radical (unpaired) electrons. The van der Waals surface area contributed by atoms with E-state index in [0.29, 0.717) is 11.3 Å². The first-order chi connectivity index (χ1) is 10.1. The number of aliphatic hydroxyl groups excluding tert-OH is 1. The van der Waals surface area contributed by atoms with Gasteiger partial charge < -0.3 is 5.11 Å². The second-order valence-electron chi connectivity index (χ2n) is 4.49. The van der Waals surface area contributed by atoms with Crippen molar-refractivity contribution in [1.82, 2.24) is 9.97 Å². The van der Waals surface area contributed by atoms with Gasteiger partial charge in [-0.2, -0.15) is 0 Å². The van der Waals surface area contributed by atoms with E-state index in [0.717, 1.165) is 4.90 Å². The summed E-state index contributed by atoms with van der Waals surface area (Å²) in [5, 5.41) is 10.4. The summed E-state index contributed by atoms with van der Waals surface area (Å²) in [6.45, 7) is 1.30. The van der Waals surface area contributed by atoms with Crippen molar-refractivity contribution < 1.29 is 14.7 Å². The van der Waals surface area contributed by atoms with E-state index in [9.17, 15) is 14.7 Å². The molecule has 3 rings (SSSR count). The van der Waals surface area contributed by atoms with Gasteiger partial charge in [-0.25, -0.2) is 9.88 Å². The topological polar surface area (TPSA) is 83.4 Å². The predicted octanol–water partition coefficient (Wildman–Crippen LogP) is 1.80. The highest BCUT2D eigenvalue weighted by Gasteiger charge is 2.37. The van der Waals surface area contributed by atoms with E-state index >= 15 is 0 Å². The number of fused-ring (bicyclic) bond motifs is 1. The molecule has 21 heavy (non-hydrogen) atoms. The molecule has 2 amide bonds. The molecule has 2 aromatic rings. The number of aliphatic hydroxyl groups is 1. The number of nitrogens with zero attached hydrogens (tertiary/aromatic N) is 3. The number of hydrogen-bond donors (Lipinski definition) is 1. The van der Waals surface area contributed by atoms with Gasteiger partial charge in [-0.3, -0.25) is 14.6 Å². The Labute approximate surface area is 120 Å². The van der Waals surface area contributed by atoms with Crippen LogP contribution in [0, 0.1) is 0 Å². The van der Waals surface area contributed by atoms with Crippen LogP contribution < -0.4 is 4.90 Å². The third-order valence-electron chi connectivity index (χ3n) is 3.19. The van der Waals surface area contributed by atoms with Crippen LogP contribution in [0.2, 0.25) is 0 Å². The number of imide groups is 1. The number of aromatic nitrogens is 2. The lowest BCUT2D eigenvalue weighted by atomic mass is 10.1. The third-order valence-corrected chi connectivity index (χ3v) is 3.19. The minimum absolute atomic E-state index is 0.0568. The third kappa shape index (κ3) is 1.97. The molecule has 0 spiro atoms. The number of benzene rings is 1. The summed E-state index contributed by atoms with van der Waals surface area (Å²) in [5.74, 6) is -1.26. The van der Waals surface area contributed by atoms with Gasteiger partial charge in [-0.1, -0.05) is 18.2 Å². The van der Waals surface area contributed by atoms with Gasteiger partial charge in [0.25, 0.3) is 5.91 Å². The van der Waals surface area contributed by atoms with Gasteiger partial charge in [0.15, 0.2) is 5.76 Å². The molecule has 0 unspecified atom stereocenters. The molecule has 1 N–H and O–H groups in total. The summed E-state index contributed by atoms with van der Waals surface area (Å²) in [6.07, 6.45) is 4.24. The highest BCUT2D eigenvalue weighted by Crippen LogP contribution is 2.39. The number of hydrogen-bond acceptors (Lipinski definition) is 5. The van der Waals surface area contributed by atoms with E-state index in [4.69, 9.17) is 0 Å². The lowest BCUT2D eigenvalue weighted by Crippen LogP contribution is -2.31. The molecule has 6 nitrogen and oxygen atoms in total. The average Bonchev–Trinajstić information content (AvgIpc) is 2.79. The molecule has 0 atom stereocenters. The number of para-hydroxylation sites is 1. The van der Waals surface area contributed by atoms with Gasteiger partial charge in [0.05, 0.1) is 17.5 Å². The smallest absolute Gasteiger partial charge is 0.269 e. The highest BCUT2D eigenvalue weighted by atomic mass is 16.3. The molecule has 6 heteroatoms. The molecule has 0 aliphatic carbocycles. The van der Waals surface area contributed by atoms with Crippen LogP contribution >= 0.6 is 0 Å². The van der Waals surface area contributed by atoms with Gasteiger partial charge in [-0.15, -0.1) is 0 Å². The van der Waals surface area contributed by atoms with E-state index in [-0.39, 0.29) is 17.0 Å². The molecule has 104 valence electrons. The molecule has 1 aromatic carbocycles. The molecule has 1 aliphatic heterocycles. The van der Waals surface area contributed by atoms with Crippen molar-refractivity contribution in [3.63, 3.8) is 0 Å². The monoisotopic (exact) mass is 281 g/mol. The Kier molecular flexibility index (Phi) is 2.98. The molecule has 0 fully saturated rings. The number of carbonyl (C=O) groups excluding carboxylic acids is 2. The number of anilines is 1. The zero-order valence-electron chi connectivity index (χ0n) is 11.1. The lowest BCUT2D eigenvalue weighted by Gasteiger charge is -2.11. The van der Waals surface area contributed by atoms with E-state index in [2.05, 4.69) is 9.97 Å². The molecule has 0 saturated heterocycles. The van der Waals surface area contributed by atoms with E-state index in [1.54, 1.807) is 24.3 Å². The Balaban J connectivity index is 2.25. The van der Waals surface area contributed by atoms with E-state index in [1.165, 1.54) is 25.5 Å². The van der Waals surface area contributed by atoms with Crippen LogP contribution in [0.3, 0.4) is 0 Å². The number of amides is 2. The summed E-state index contributed by atoms with van der Waals surface area (Å²) in [4.78, 5) is 33.0. The normalized spacial score (nSPS) is 15.9. The first-order valence-electron chi connectivity index (χ1n) is 6.25. The molecule has 0 bridgehead atoms. The zero-order chi connectivity index (χ0) is 15.0. The van der Waals surface area contributed by atoms with Crippen LogP contribution in [0.15, 0.2) is 42.9 Å². The molecule has 1 aliphatic rings. The fourth-order valence-electron chi connectivity index (χ4n) is 2.31. The van der Waals surface area contributed by atoms with Crippen molar-refractivity contribution in [2.24, 2.45) is 0 Å². The quantitative estimate of drug-likeness (QED) is 0.636. The van der Waals surface area contributed by atoms with Crippen molar-refractivity contribution in [3.05, 3.63) is 54.1 Å². The van der Waals surface area contributed by atoms with E-state index < -0.39 is 11.8 Å². The minimum Gasteiger partial charge on any atom is -0.505 e. The zero-order valence-corrected chi connectivity index (χ0v) is 11.1. The van der Waals surface area contributed by atoms with Crippen LogP contribution in [0.25, 0.3) is 11.3 Å². The van der Waals surface area contributed by atoms with Crippen molar-refractivity contribution in [1.29, 1.82) is 0 Å². The lowest BCUT2D eigenvalue weighted by molar-refractivity contribution is -0.122. The Hall–Kier alpha value is -3.02. The van der Waals surface area contributed by atoms with Crippen molar-refractivity contribution in [2.45, 2.75) is 6.92 Å². The molecule has 2 heterocycles. The summed E-state index contributed by atoms with van der Waals surface area (Å²) < 4.78 is 0. The fourth-order valence-corrected chi connectivity index (χ4v) is 2.31. The SMILES string of the molecule is CC(=O)N1C(=O)C(=C(O)c2cnccn2)c2ccccc21. The molecule has 0 saturated carbocycles. The van der Waals surface area contributed by atoms with Crippen LogP contribution in [-0.2, 0) is 9.59 Å². The Morgan fingerprint density at radius 1 is 1.24 bits per heavy atom. The number of carbonyl (C=O) groups is 2. The summed E-state index contributed by atoms with van der Waals surface area (Å²) >= 11 is 0. The van der Waals surface area contributed by atoms with Crippen LogP contribution in [0.1, 0.15) is 18.2 Å². The van der Waals surface area contributed by atoms with Crippen LogP contribution in [-0.4, -0.2) is 26.9 Å². The first-order valence-corrected chi connectivity index (χ1v) is 6.25. The van der Waals surface area contributed by atoms with Crippen molar-refractivity contribution >= 4 is 28.8 Å². The maximum atomic E-state index is 12.5. The van der Waals surface area contributed by atoms with E-state index in [1.807, 2.05) is 0 Å². The van der Waals surface area contributed by atoms with Crippen LogP contribution in [0.5, 0.6) is 0 Å². The Morgan fingerprint density at radius 2 is 2.00 bits per heavy atom. The van der Waals surface area contributed by atoms with Gasteiger partial charge >= 0.3 is 0 Å². The minimum atomic E-state index is -0.563. The average molecular weight is 281 g/mol. The summed E-state index contributed by atoms with van der Waals surface area (Å²) in [7, 11) is 0. The van der Waals surface area contributed by atoms with Gasteiger partial charge in [-0.05, 0) is 6.07 Å². The second kappa shape index (κ2) is 4.82. The van der Waals surface area contributed by atoms with Crippen molar-refractivity contribution in [3.8, 4) is 0 Å². The predicted molar refractivity (Wildman–Crippen MR) is 76.1 cm³/mol.